The fourth-order valence-electron chi connectivity index (χ4n) is 2.42. The monoisotopic (exact) mass is 405 g/mol. The third kappa shape index (κ3) is 6.69. The van der Waals surface area contributed by atoms with Gasteiger partial charge in [-0.3, -0.25) is 9.59 Å². The van der Waals surface area contributed by atoms with Gasteiger partial charge in [-0.2, -0.15) is 0 Å². The summed E-state index contributed by atoms with van der Waals surface area (Å²) in [6.07, 6.45) is 1.73. The predicted molar refractivity (Wildman–Crippen MR) is 112 cm³/mol. The van der Waals surface area contributed by atoms with E-state index in [2.05, 4.69) is 32.7 Å². The predicted octanol–water partition coefficient (Wildman–Crippen LogP) is 2.91. The molecule has 27 heavy (non-hydrogen) atoms. The number of thioether (sulfide) groups is 1. The number of anilines is 2. The van der Waals surface area contributed by atoms with Crippen molar-refractivity contribution in [3.8, 4) is 0 Å². The number of hydrogen-bond donors (Lipinski definition) is 3. The summed E-state index contributed by atoms with van der Waals surface area (Å²) in [5.74, 6) is -0.315. The highest BCUT2D eigenvalue weighted by atomic mass is 32.2. The van der Waals surface area contributed by atoms with Gasteiger partial charge in [0, 0.05) is 12.2 Å². The number of carbonyl (C=O) groups excluding carboxylic acids is 2. The normalized spacial score (nSPS) is 10.3. The van der Waals surface area contributed by atoms with Crippen molar-refractivity contribution in [1.29, 1.82) is 0 Å². The third-order valence-electron chi connectivity index (χ3n) is 3.52. The van der Waals surface area contributed by atoms with Crippen LogP contribution in [0.5, 0.6) is 0 Å². The van der Waals surface area contributed by atoms with Gasteiger partial charge < -0.3 is 16.0 Å². The summed E-state index contributed by atoms with van der Waals surface area (Å²) in [6, 6.07) is 4.02. The molecule has 1 aromatic carbocycles. The highest BCUT2D eigenvalue weighted by Gasteiger charge is 2.11. The van der Waals surface area contributed by atoms with Gasteiger partial charge in [0.2, 0.25) is 16.9 Å². The molecule has 0 aliphatic heterocycles. The summed E-state index contributed by atoms with van der Waals surface area (Å²) in [7, 11) is 0. The summed E-state index contributed by atoms with van der Waals surface area (Å²) in [5.41, 5.74) is 3.94. The standard InChI is InChI=1S/C18H23N5O2S2/c1-5-6-19-17-22-23-18(27-17)26-10-15(25)20-9-14(24)21-16-12(3)7-11(2)8-13(16)4/h5,7-8H,1,6,9-10H2,2-4H3,(H,19,22)(H,20,25)(H,21,24). The Bertz CT molecular complexity index is 812. The van der Waals surface area contributed by atoms with Crippen LogP contribution in [0.3, 0.4) is 0 Å². The first-order chi connectivity index (χ1) is 12.9. The number of rotatable bonds is 9. The van der Waals surface area contributed by atoms with E-state index >= 15 is 0 Å². The summed E-state index contributed by atoms with van der Waals surface area (Å²) in [5, 5.41) is 17.2. The molecule has 0 atom stereocenters. The minimum Gasteiger partial charge on any atom is -0.357 e. The van der Waals surface area contributed by atoms with Gasteiger partial charge in [-0.1, -0.05) is 46.9 Å². The molecule has 0 bridgehead atoms. The van der Waals surface area contributed by atoms with E-state index in [0.29, 0.717) is 16.0 Å². The quantitative estimate of drug-likeness (QED) is 0.438. The molecule has 2 aromatic rings. The Balaban J connectivity index is 1.76. The second-order valence-corrected chi connectivity index (χ2v) is 8.13. The lowest BCUT2D eigenvalue weighted by atomic mass is 10.1. The van der Waals surface area contributed by atoms with Crippen LogP contribution in [0, 0.1) is 20.8 Å². The van der Waals surface area contributed by atoms with Crippen molar-refractivity contribution in [1.82, 2.24) is 15.5 Å². The van der Waals surface area contributed by atoms with E-state index < -0.39 is 0 Å². The molecule has 3 N–H and O–H groups in total. The van der Waals surface area contributed by atoms with Crippen molar-refractivity contribution in [2.75, 3.05) is 29.5 Å². The molecule has 0 spiro atoms. The molecule has 2 amide bonds. The van der Waals surface area contributed by atoms with Gasteiger partial charge in [-0.25, -0.2) is 0 Å². The third-order valence-corrected chi connectivity index (χ3v) is 5.53. The van der Waals surface area contributed by atoms with Crippen molar-refractivity contribution in [3.63, 3.8) is 0 Å². The second kappa shape index (κ2) is 10.1. The van der Waals surface area contributed by atoms with Crippen LogP contribution < -0.4 is 16.0 Å². The molecule has 0 saturated heterocycles. The lowest BCUT2D eigenvalue weighted by Gasteiger charge is -2.13. The Hall–Kier alpha value is -2.39. The Kier molecular flexibility index (Phi) is 7.81. The van der Waals surface area contributed by atoms with Gasteiger partial charge in [-0.15, -0.1) is 16.8 Å². The highest BCUT2D eigenvalue weighted by Crippen LogP contribution is 2.25. The van der Waals surface area contributed by atoms with Crippen molar-refractivity contribution in [2.45, 2.75) is 25.1 Å². The van der Waals surface area contributed by atoms with E-state index in [9.17, 15) is 9.59 Å². The molecule has 144 valence electrons. The maximum atomic E-state index is 12.1. The molecule has 2 rings (SSSR count). The molecule has 0 saturated carbocycles. The zero-order chi connectivity index (χ0) is 19.8. The smallest absolute Gasteiger partial charge is 0.243 e. The molecule has 0 radical (unpaired) electrons. The van der Waals surface area contributed by atoms with Crippen LogP contribution in [0.15, 0.2) is 29.1 Å². The maximum Gasteiger partial charge on any atom is 0.243 e. The summed E-state index contributed by atoms with van der Waals surface area (Å²) in [4.78, 5) is 24.1. The fraction of sp³-hybridized carbons (Fsp3) is 0.333. The lowest BCUT2D eigenvalue weighted by Crippen LogP contribution is -2.34. The minimum atomic E-state index is -0.254. The lowest BCUT2D eigenvalue weighted by molar-refractivity contribution is -0.122. The second-order valence-electron chi connectivity index (χ2n) is 5.93. The molecule has 0 aliphatic carbocycles. The summed E-state index contributed by atoms with van der Waals surface area (Å²) >= 11 is 2.65. The first-order valence-electron chi connectivity index (χ1n) is 8.34. The number of carbonyl (C=O) groups is 2. The van der Waals surface area contributed by atoms with Crippen LogP contribution in [-0.4, -0.2) is 40.9 Å². The van der Waals surface area contributed by atoms with Crippen LogP contribution >= 0.6 is 23.1 Å². The molecule has 1 heterocycles. The van der Waals surface area contributed by atoms with E-state index in [1.165, 1.54) is 23.1 Å². The fourth-order valence-corrected chi connectivity index (χ4v) is 4.01. The van der Waals surface area contributed by atoms with Gasteiger partial charge in [0.1, 0.15) is 0 Å². The number of aromatic nitrogens is 2. The van der Waals surface area contributed by atoms with Gasteiger partial charge in [0.25, 0.3) is 0 Å². The number of benzene rings is 1. The largest absolute Gasteiger partial charge is 0.357 e. The van der Waals surface area contributed by atoms with Crippen LogP contribution in [0.2, 0.25) is 0 Å². The van der Waals surface area contributed by atoms with Gasteiger partial charge in [0.15, 0.2) is 4.34 Å². The molecule has 0 fully saturated rings. The van der Waals surface area contributed by atoms with E-state index in [1.54, 1.807) is 6.08 Å². The molecular weight excluding hydrogens is 382 g/mol. The zero-order valence-electron chi connectivity index (χ0n) is 15.6. The number of aryl methyl sites for hydroxylation is 3. The molecule has 1 aromatic heterocycles. The van der Waals surface area contributed by atoms with Crippen molar-refractivity contribution in [2.24, 2.45) is 0 Å². The van der Waals surface area contributed by atoms with Crippen LogP contribution in [0.4, 0.5) is 10.8 Å². The summed E-state index contributed by atoms with van der Waals surface area (Å²) < 4.78 is 0.687. The van der Waals surface area contributed by atoms with E-state index in [0.717, 1.165) is 22.4 Å². The number of nitrogens with zero attached hydrogens (tertiary/aromatic N) is 2. The van der Waals surface area contributed by atoms with E-state index in [1.807, 2.05) is 32.9 Å². The van der Waals surface area contributed by atoms with Crippen molar-refractivity contribution < 1.29 is 9.59 Å². The van der Waals surface area contributed by atoms with Crippen molar-refractivity contribution >= 4 is 45.7 Å². The van der Waals surface area contributed by atoms with Crippen molar-refractivity contribution in [3.05, 3.63) is 41.5 Å². The number of amides is 2. The Labute approximate surface area is 167 Å². The number of hydrogen-bond acceptors (Lipinski definition) is 7. The molecular formula is C18H23N5O2S2. The summed E-state index contributed by atoms with van der Waals surface area (Å²) in [6.45, 7) is 10.1. The maximum absolute atomic E-state index is 12.1. The van der Waals surface area contributed by atoms with Gasteiger partial charge >= 0.3 is 0 Å². The Morgan fingerprint density at radius 1 is 1.19 bits per heavy atom. The average Bonchev–Trinajstić information content (AvgIpc) is 3.07. The number of nitrogens with one attached hydrogen (secondary N) is 3. The minimum absolute atomic E-state index is 0.0750. The first kappa shape index (κ1) is 20.9. The van der Waals surface area contributed by atoms with E-state index in [-0.39, 0.29) is 24.1 Å². The van der Waals surface area contributed by atoms with Gasteiger partial charge in [-0.05, 0) is 31.9 Å². The highest BCUT2D eigenvalue weighted by molar-refractivity contribution is 8.01. The van der Waals surface area contributed by atoms with Crippen LogP contribution in [-0.2, 0) is 9.59 Å². The Morgan fingerprint density at radius 2 is 1.89 bits per heavy atom. The SMILES string of the molecule is C=CCNc1nnc(SCC(=O)NCC(=O)Nc2c(C)cc(C)cc2C)s1. The van der Waals surface area contributed by atoms with E-state index in [4.69, 9.17) is 0 Å². The molecule has 9 heteroatoms. The zero-order valence-corrected chi connectivity index (χ0v) is 17.2. The van der Waals surface area contributed by atoms with Crippen LogP contribution in [0.25, 0.3) is 0 Å². The first-order valence-corrected chi connectivity index (χ1v) is 10.1. The topological polar surface area (TPSA) is 96.0 Å². The molecule has 0 unspecified atom stereocenters. The average molecular weight is 406 g/mol. The van der Waals surface area contributed by atoms with Gasteiger partial charge in [0.05, 0.1) is 12.3 Å². The molecule has 0 aliphatic rings. The Morgan fingerprint density at radius 3 is 2.56 bits per heavy atom. The molecule has 7 nitrogen and oxygen atoms in total. The van der Waals surface area contributed by atoms with Crippen LogP contribution in [0.1, 0.15) is 16.7 Å².